The Bertz CT molecular complexity index is 368. The lowest BCUT2D eigenvalue weighted by Crippen LogP contribution is -2.31. The van der Waals surface area contributed by atoms with Crippen LogP contribution in [0.15, 0.2) is 23.2 Å². The van der Waals surface area contributed by atoms with Gasteiger partial charge in [0, 0.05) is 6.42 Å². The van der Waals surface area contributed by atoms with Gasteiger partial charge in [-0.3, -0.25) is 0 Å². The maximum absolute atomic E-state index is 6.31. The number of hydrogen-bond acceptors (Lipinski definition) is 2. The molecule has 18 heavy (non-hydrogen) atoms. The minimum absolute atomic E-state index is 0.909. The molecule has 0 amide bonds. The van der Waals surface area contributed by atoms with E-state index in [0.717, 1.165) is 30.0 Å². The summed E-state index contributed by atoms with van der Waals surface area (Å²) in [6.07, 6.45) is 3.14. The molecule has 0 unspecified atom stereocenters. The third-order valence-electron chi connectivity index (χ3n) is 3.69. The highest BCUT2D eigenvalue weighted by molar-refractivity contribution is 6.72. The highest BCUT2D eigenvalue weighted by Gasteiger charge is 2.30. The van der Waals surface area contributed by atoms with E-state index in [-0.39, 0.29) is 0 Å². The van der Waals surface area contributed by atoms with Crippen molar-refractivity contribution in [3.63, 3.8) is 0 Å². The van der Waals surface area contributed by atoms with Crippen molar-refractivity contribution in [2.75, 3.05) is 0 Å². The predicted octanol–water partition coefficient (Wildman–Crippen LogP) is 5.03. The molecule has 1 aliphatic rings. The van der Waals surface area contributed by atoms with Gasteiger partial charge in [0.05, 0.1) is 0 Å². The molecule has 0 saturated heterocycles. The van der Waals surface area contributed by atoms with Gasteiger partial charge in [0.2, 0.25) is 16.6 Å². The lowest BCUT2D eigenvalue weighted by Gasteiger charge is -2.28. The predicted molar refractivity (Wildman–Crippen MR) is 83.5 cm³/mol. The fourth-order valence-electron chi connectivity index (χ4n) is 1.63. The molecule has 0 aromatic rings. The molecule has 4 heteroatoms. The number of allylic oxidation sites excluding steroid dienone is 2. The summed E-state index contributed by atoms with van der Waals surface area (Å²) in [5.74, 6) is 2.13. The molecule has 0 saturated carbocycles. The fourth-order valence-corrected chi connectivity index (χ4v) is 3.59. The van der Waals surface area contributed by atoms with E-state index < -0.39 is 16.6 Å². The fraction of sp³-hybridized carbons (Fsp3) is 0.714. The zero-order valence-corrected chi connectivity index (χ0v) is 15.0. The Labute approximate surface area is 114 Å². The molecule has 0 spiro atoms. The molecule has 104 valence electrons. The van der Waals surface area contributed by atoms with Crippen LogP contribution in [0.4, 0.5) is 0 Å². The van der Waals surface area contributed by atoms with Gasteiger partial charge in [-0.25, -0.2) is 0 Å². The lowest BCUT2D eigenvalue weighted by molar-refractivity contribution is 0.345. The van der Waals surface area contributed by atoms with Gasteiger partial charge in [-0.1, -0.05) is 19.9 Å². The average molecular weight is 285 g/mol. The highest BCUT2D eigenvalue weighted by atomic mass is 28.4. The second-order valence-corrected chi connectivity index (χ2v) is 15.1. The van der Waals surface area contributed by atoms with Gasteiger partial charge in [-0.05, 0) is 50.8 Å². The SMILES string of the molecule is CC[Si](C)(C)OC1=C(O[Si](C)(C)CC)C(C)=CC1. The second-order valence-electron chi connectivity index (χ2n) is 6.27. The molecular formula is C14H28O2Si2. The smallest absolute Gasteiger partial charge is 0.245 e. The van der Waals surface area contributed by atoms with Crippen molar-refractivity contribution >= 4 is 16.6 Å². The molecule has 0 atom stereocenters. The Balaban J connectivity index is 2.90. The largest absolute Gasteiger partial charge is 0.544 e. The van der Waals surface area contributed by atoms with Crippen molar-refractivity contribution in [1.82, 2.24) is 0 Å². The molecule has 0 aromatic heterocycles. The van der Waals surface area contributed by atoms with E-state index in [9.17, 15) is 0 Å². The van der Waals surface area contributed by atoms with E-state index in [2.05, 4.69) is 53.0 Å². The highest BCUT2D eigenvalue weighted by Crippen LogP contribution is 2.33. The Morgan fingerprint density at radius 3 is 2.00 bits per heavy atom. The Morgan fingerprint density at radius 2 is 1.50 bits per heavy atom. The van der Waals surface area contributed by atoms with Gasteiger partial charge < -0.3 is 8.85 Å². The first-order valence-corrected chi connectivity index (χ1v) is 13.2. The van der Waals surface area contributed by atoms with E-state index in [0.29, 0.717) is 0 Å². The van der Waals surface area contributed by atoms with E-state index in [1.807, 2.05) is 0 Å². The summed E-state index contributed by atoms with van der Waals surface area (Å²) in [5, 5.41) is 0. The van der Waals surface area contributed by atoms with Crippen LogP contribution >= 0.6 is 0 Å². The Morgan fingerprint density at radius 1 is 1.00 bits per heavy atom. The monoisotopic (exact) mass is 284 g/mol. The molecule has 0 heterocycles. The van der Waals surface area contributed by atoms with Gasteiger partial charge in [0.15, 0.2) is 0 Å². The first kappa shape index (κ1) is 15.6. The van der Waals surface area contributed by atoms with Crippen molar-refractivity contribution in [3.8, 4) is 0 Å². The Kier molecular flexibility index (Phi) is 4.89. The van der Waals surface area contributed by atoms with Crippen molar-refractivity contribution in [3.05, 3.63) is 23.2 Å². The third-order valence-corrected chi connectivity index (χ3v) is 8.65. The summed E-state index contributed by atoms with van der Waals surface area (Å²) in [6, 6.07) is 2.27. The van der Waals surface area contributed by atoms with E-state index in [1.54, 1.807) is 0 Å². The van der Waals surface area contributed by atoms with Crippen molar-refractivity contribution in [2.24, 2.45) is 0 Å². The van der Waals surface area contributed by atoms with Crippen molar-refractivity contribution in [1.29, 1.82) is 0 Å². The van der Waals surface area contributed by atoms with Gasteiger partial charge in [-0.2, -0.15) is 0 Å². The quantitative estimate of drug-likeness (QED) is 0.637. The summed E-state index contributed by atoms with van der Waals surface area (Å²) in [7, 11) is -3.13. The standard InChI is InChI=1S/C14H28O2Si2/c1-8-17(4,5)15-13-11-10-12(3)14(13)16-18(6,7)9-2/h10H,8-9,11H2,1-7H3. The minimum atomic E-state index is -1.57. The maximum atomic E-state index is 6.31. The van der Waals surface area contributed by atoms with Gasteiger partial charge in [-0.15, -0.1) is 0 Å². The van der Waals surface area contributed by atoms with Crippen LogP contribution in [0.2, 0.25) is 38.3 Å². The van der Waals surface area contributed by atoms with Crippen LogP contribution in [0.25, 0.3) is 0 Å². The molecule has 0 N–H and O–H groups in total. The van der Waals surface area contributed by atoms with Crippen LogP contribution in [0, 0.1) is 0 Å². The van der Waals surface area contributed by atoms with Crippen LogP contribution in [-0.4, -0.2) is 16.6 Å². The minimum Gasteiger partial charge on any atom is -0.544 e. The molecule has 2 nitrogen and oxygen atoms in total. The van der Waals surface area contributed by atoms with Crippen LogP contribution in [0.3, 0.4) is 0 Å². The molecule has 0 bridgehead atoms. The molecule has 1 aliphatic carbocycles. The molecule has 0 fully saturated rings. The normalized spacial score (nSPS) is 16.9. The van der Waals surface area contributed by atoms with E-state index in [1.165, 1.54) is 5.57 Å². The first-order valence-electron chi connectivity index (χ1n) is 6.99. The molecular weight excluding hydrogens is 256 g/mol. The van der Waals surface area contributed by atoms with Gasteiger partial charge in [0.1, 0.15) is 11.5 Å². The van der Waals surface area contributed by atoms with Gasteiger partial charge >= 0.3 is 0 Å². The summed E-state index contributed by atoms with van der Waals surface area (Å²) >= 11 is 0. The maximum Gasteiger partial charge on any atom is 0.245 e. The molecule has 0 radical (unpaired) electrons. The van der Waals surface area contributed by atoms with Crippen molar-refractivity contribution in [2.45, 2.75) is 65.5 Å². The topological polar surface area (TPSA) is 18.5 Å². The van der Waals surface area contributed by atoms with Crippen LogP contribution in [0.5, 0.6) is 0 Å². The third kappa shape index (κ3) is 4.02. The average Bonchev–Trinajstić information content (AvgIpc) is 2.61. The summed E-state index contributed by atoms with van der Waals surface area (Å²) < 4.78 is 12.6. The Hall–Kier alpha value is -0.486. The molecule has 1 rings (SSSR count). The lowest BCUT2D eigenvalue weighted by atomic mass is 10.3. The number of rotatable bonds is 6. The number of hydrogen-bond donors (Lipinski definition) is 0. The summed E-state index contributed by atoms with van der Waals surface area (Å²) in [4.78, 5) is 0. The van der Waals surface area contributed by atoms with Crippen molar-refractivity contribution < 1.29 is 8.85 Å². The van der Waals surface area contributed by atoms with E-state index >= 15 is 0 Å². The van der Waals surface area contributed by atoms with Crippen LogP contribution < -0.4 is 0 Å². The zero-order valence-electron chi connectivity index (χ0n) is 13.0. The summed E-state index contributed by atoms with van der Waals surface area (Å²) in [6.45, 7) is 15.6. The second kappa shape index (κ2) is 5.65. The molecule has 0 aliphatic heterocycles. The van der Waals surface area contributed by atoms with Crippen LogP contribution in [0.1, 0.15) is 27.2 Å². The van der Waals surface area contributed by atoms with E-state index in [4.69, 9.17) is 8.85 Å². The summed E-state index contributed by atoms with van der Waals surface area (Å²) in [5.41, 5.74) is 1.25. The first-order chi connectivity index (χ1) is 8.21. The molecule has 0 aromatic carbocycles. The zero-order chi connectivity index (χ0) is 14.0. The van der Waals surface area contributed by atoms with Crippen LogP contribution in [-0.2, 0) is 8.85 Å². The van der Waals surface area contributed by atoms with Gasteiger partial charge in [0.25, 0.3) is 0 Å².